The number of aliphatic imine (C=N–C) groups is 1. The van der Waals surface area contributed by atoms with Crippen LogP contribution in [0.15, 0.2) is 84.0 Å². The lowest BCUT2D eigenvalue weighted by Gasteiger charge is -2.22. The zero-order valence-electron chi connectivity index (χ0n) is 19.2. The number of hydrogen-bond acceptors (Lipinski definition) is 4. The molecule has 0 bridgehead atoms. The molecule has 1 atom stereocenters. The number of benzene rings is 2. The molecule has 1 aliphatic rings. The molecule has 2 heterocycles. The zero-order valence-corrected chi connectivity index (χ0v) is 19.2. The molecule has 1 N–H and O–H groups in total. The Morgan fingerprint density at radius 1 is 1.00 bits per heavy atom. The first-order valence-corrected chi connectivity index (χ1v) is 11.5. The van der Waals surface area contributed by atoms with Gasteiger partial charge in [0.15, 0.2) is 5.96 Å². The highest BCUT2D eigenvalue weighted by atomic mass is 16.5. The molecule has 1 aromatic heterocycles. The van der Waals surface area contributed by atoms with Crippen LogP contribution in [0, 0.1) is 5.92 Å². The van der Waals surface area contributed by atoms with Crippen LogP contribution in [-0.4, -0.2) is 42.6 Å². The summed E-state index contributed by atoms with van der Waals surface area (Å²) in [5.74, 6) is 2.06. The maximum absolute atomic E-state index is 5.99. The highest BCUT2D eigenvalue weighted by Gasteiger charge is 2.25. The fourth-order valence-electron chi connectivity index (χ4n) is 4.00. The van der Waals surface area contributed by atoms with Gasteiger partial charge >= 0.3 is 0 Å². The summed E-state index contributed by atoms with van der Waals surface area (Å²) >= 11 is 0. The third kappa shape index (κ3) is 6.80. The Balaban J connectivity index is 1.25. The first-order valence-electron chi connectivity index (χ1n) is 11.5. The van der Waals surface area contributed by atoms with Crippen LogP contribution in [-0.2, 0) is 24.5 Å². The van der Waals surface area contributed by atoms with Gasteiger partial charge in [-0.3, -0.25) is 4.99 Å². The summed E-state index contributed by atoms with van der Waals surface area (Å²) in [6.45, 7) is 4.45. The molecule has 33 heavy (non-hydrogen) atoms. The highest BCUT2D eigenvalue weighted by Crippen LogP contribution is 2.19. The van der Waals surface area contributed by atoms with E-state index in [1.807, 2.05) is 55.6 Å². The summed E-state index contributed by atoms with van der Waals surface area (Å²) in [7, 11) is 1.83. The lowest BCUT2D eigenvalue weighted by atomic mass is 10.1. The van der Waals surface area contributed by atoms with E-state index in [9.17, 15) is 0 Å². The third-order valence-electron chi connectivity index (χ3n) is 5.77. The minimum absolute atomic E-state index is 0.496. The Labute approximate surface area is 196 Å². The highest BCUT2D eigenvalue weighted by molar-refractivity contribution is 5.80. The van der Waals surface area contributed by atoms with E-state index in [-0.39, 0.29) is 0 Å². The van der Waals surface area contributed by atoms with E-state index in [0.717, 1.165) is 43.2 Å². The number of likely N-dealkylation sites (tertiary alicyclic amines) is 1. The molecular formula is C27H32N4O2. The Morgan fingerprint density at radius 3 is 2.45 bits per heavy atom. The van der Waals surface area contributed by atoms with Crippen LogP contribution in [0.3, 0.4) is 0 Å². The van der Waals surface area contributed by atoms with Gasteiger partial charge in [0.25, 0.3) is 0 Å². The molecule has 6 heteroatoms. The Bertz CT molecular complexity index is 1010. The normalized spacial score (nSPS) is 16.1. The summed E-state index contributed by atoms with van der Waals surface area (Å²) in [6, 6.07) is 24.4. The lowest BCUT2D eigenvalue weighted by Crippen LogP contribution is -2.40. The number of rotatable bonds is 9. The summed E-state index contributed by atoms with van der Waals surface area (Å²) in [5, 5.41) is 3.48. The predicted octanol–water partition coefficient (Wildman–Crippen LogP) is 4.27. The van der Waals surface area contributed by atoms with E-state index in [0.29, 0.717) is 31.6 Å². The number of guanidine groups is 1. The van der Waals surface area contributed by atoms with Crippen molar-refractivity contribution in [2.75, 3.05) is 26.7 Å². The van der Waals surface area contributed by atoms with Crippen LogP contribution in [0.4, 0.5) is 0 Å². The predicted molar refractivity (Wildman–Crippen MR) is 131 cm³/mol. The molecule has 1 unspecified atom stereocenters. The van der Waals surface area contributed by atoms with Gasteiger partial charge in [-0.25, -0.2) is 4.98 Å². The molecule has 0 saturated carbocycles. The first-order chi connectivity index (χ1) is 16.3. The van der Waals surface area contributed by atoms with Crippen LogP contribution in [0.2, 0.25) is 0 Å². The van der Waals surface area contributed by atoms with Gasteiger partial charge in [-0.15, -0.1) is 0 Å². The number of nitrogens with one attached hydrogen (secondary N) is 1. The summed E-state index contributed by atoms with van der Waals surface area (Å²) in [5.41, 5.74) is 3.35. The number of aromatic nitrogens is 1. The summed E-state index contributed by atoms with van der Waals surface area (Å²) < 4.78 is 12.0. The minimum Gasteiger partial charge on any atom is -0.473 e. The van der Waals surface area contributed by atoms with Gasteiger partial charge in [-0.1, -0.05) is 66.7 Å². The number of ether oxygens (including phenoxy) is 2. The Hall–Kier alpha value is -3.38. The lowest BCUT2D eigenvalue weighted by molar-refractivity contribution is 0.0906. The average Bonchev–Trinajstić information content (AvgIpc) is 3.34. The van der Waals surface area contributed by atoms with Crippen LogP contribution in [0.1, 0.15) is 23.1 Å². The van der Waals surface area contributed by atoms with Gasteiger partial charge in [0.05, 0.1) is 13.2 Å². The molecule has 6 nitrogen and oxygen atoms in total. The Kier molecular flexibility index (Phi) is 8.30. The van der Waals surface area contributed by atoms with Gasteiger partial charge in [0.2, 0.25) is 5.88 Å². The molecular weight excluding hydrogens is 412 g/mol. The van der Waals surface area contributed by atoms with Crippen molar-refractivity contribution < 1.29 is 9.47 Å². The first kappa shape index (κ1) is 22.8. The quantitative estimate of drug-likeness (QED) is 0.394. The van der Waals surface area contributed by atoms with Crippen molar-refractivity contribution >= 4 is 5.96 Å². The van der Waals surface area contributed by atoms with E-state index < -0.39 is 0 Å². The van der Waals surface area contributed by atoms with Gasteiger partial charge in [0.1, 0.15) is 6.61 Å². The van der Waals surface area contributed by atoms with Crippen molar-refractivity contribution in [2.45, 2.75) is 26.2 Å². The monoisotopic (exact) mass is 444 g/mol. The van der Waals surface area contributed by atoms with Crippen molar-refractivity contribution in [3.8, 4) is 5.88 Å². The number of nitrogens with zero attached hydrogens (tertiary/aromatic N) is 3. The van der Waals surface area contributed by atoms with E-state index in [2.05, 4.69) is 44.5 Å². The molecule has 0 radical (unpaired) electrons. The van der Waals surface area contributed by atoms with Crippen LogP contribution in [0.25, 0.3) is 0 Å². The smallest absolute Gasteiger partial charge is 0.218 e. The minimum atomic E-state index is 0.496. The Morgan fingerprint density at radius 2 is 1.73 bits per heavy atom. The second kappa shape index (κ2) is 12.0. The molecule has 172 valence electrons. The summed E-state index contributed by atoms with van der Waals surface area (Å²) in [6.07, 6.45) is 2.87. The fourth-order valence-corrected chi connectivity index (χ4v) is 4.00. The van der Waals surface area contributed by atoms with Crippen molar-refractivity contribution in [3.63, 3.8) is 0 Å². The second-order valence-corrected chi connectivity index (χ2v) is 8.24. The van der Waals surface area contributed by atoms with Crippen LogP contribution in [0.5, 0.6) is 5.88 Å². The molecule has 0 aliphatic carbocycles. The van der Waals surface area contributed by atoms with Crippen molar-refractivity contribution in [2.24, 2.45) is 10.9 Å². The molecule has 3 aromatic rings. The van der Waals surface area contributed by atoms with Crippen molar-refractivity contribution in [1.82, 2.24) is 15.2 Å². The topological polar surface area (TPSA) is 59.0 Å². The van der Waals surface area contributed by atoms with Crippen molar-refractivity contribution in [3.05, 3.63) is 95.7 Å². The van der Waals surface area contributed by atoms with Gasteiger partial charge < -0.3 is 19.7 Å². The zero-order chi connectivity index (χ0) is 22.7. The molecule has 4 rings (SSSR count). The number of hydrogen-bond donors (Lipinski definition) is 1. The number of pyridine rings is 1. The maximum Gasteiger partial charge on any atom is 0.218 e. The average molecular weight is 445 g/mol. The van der Waals surface area contributed by atoms with E-state index >= 15 is 0 Å². The SMILES string of the molecule is CN=C(NCc1cccnc1OCc1ccccc1)N1CCC(COCc2ccccc2)C1. The maximum atomic E-state index is 5.99. The van der Waals surface area contributed by atoms with E-state index in [4.69, 9.17) is 9.47 Å². The van der Waals surface area contributed by atoms with E-state index in [1.165, 1.54) is 5.56 Å². The standard InChI is InChI=1S/C27H32N4O2/c1-28-27(31-16-14-24(18-31)20-32-19-22-9-4-2-5-10-22)30-17-25-13-8-15-29-26(25)33-21-23-11-6-3-7-12-23/h2-13,15,24H,14,16-21H2,1H3,(H,28,30). The van der Waals surface area contributed by atoms with Gasteiger partial charge in [0, 0.05) is 44.4 Å². The molecule has 1 aliphatic heterocycles. The van der Waals surface area contributed by atoms with E-state index in [1.54, 1.807) is 6.20 Å². The van der Waals surface area contributed by atoms with Crippen molar-refractivity contribution in [1.29, 1.82) is 0 Å². The largest absolute Gasteiger partial charge is 0.473 e. The molecule has 0 spiro atoms. The van der Waals surface area contributed by atoms with Gasteiger partial charge in [-0.2, -0.15) is 0 Å². The molecule has 1 fully saturated rings. The fraction of sp³-hybridized carbons (Fsp3) is 0.333. The molecule has 1 saturated heterocycles. The molecule has 2 aromatic carbocycles. The van der Waals surface area contributed by atoms with Gasteiger partial charge in [-0.05, 0) is 23.6 Å². The summed E-state index contributed by atoms with van der Waals surface area (Å²) in [4.78, 5) is 11.2. The van der Waals surface area contributed by atoms with Crippen LogP contribution < -0.4 is 10.1 Å². The second-order valence-electron chi connectivity index (χ2n) is 8.24. The molecule has 0 amide bonds. The van der Waals surface area contributed by atoms with Crippen LogP contribution >= 0.6 is 0 Å². The third-order valence-corrected chi connectivity index (χ3v) is 5.77.